The molecule has 24 heavy (non-hydrogen) atoms. The number of amides is 2. The summed E-state index contributed by atoms with van der Waals surface area (Å²) in [7, 11) is 3.62. The van der Waals surface area contributed by atoms with Gasteiger partial charge in [0.15, 0.2) is 0 Å². The average molecular weight is 357 g/mol. The third-order valence-electron chi connectivity index (χ3n) is 5.51. The molecule has 0 N–H and O–H groups in total. The first-order valence-electron chi connectivity index (χ1n) is 9.17. The maximum atomic E-state index is 12.3. The van der Waals surface area contributed by atoms with E-state index < -0.39 is 0 Å². The fourth-order valence-corrected chi connectivity index (χ4v) is 4.50. The Morgan fingerprint density at radius 2 is 1.88 bits per heavy atom. The number of carbonyl (C=O) groups excluding carboxylic acids is 2. The normalized spacial score (nSPS) is 25.5. The Balaban J connectivity index is 1.69. The lowest BCUT2D eigenvalue weighted by molar-refractivity contribution is -0.133. The number of hydrogen-bond donors (Lipinski definition) is 0. The van der Waals surface area contributed by atoms with Crippen molar-refractivity contribution in [1.29, 1.82) is 0 Å². The fraction of sp³-hybridized carbons (Fsp3) is 0.889. The highest BCUT2D eigenvalue weighted by Gasteiger charge is 2.29. The number of nitrogens with zero attached hydrogens (tertiary/aromatic N) is 2. The number of methoxy groups -OCH3 is 1. The summed E-state index contributed by atoms with van der Waals surface area (Å²) in [5, 5.41) is 0. The third-order valence-corrected chi connectivity index (χ3v) is 6.41. The first-order chi connectivity index (χ1) is 11.5. The summed E-state index contributed by atoms with van der Waals surface area (Å²) in [5.74, 6) is 1.56. The molecule has 0 bridgehead atoms. The summed E-state index contributed by atoms with van der Waals surface area (Å²) in [5.41, 5.74) is 0. The van der Waals surface area contributed by atoms with Crippen LogP contribution in [0.15, 0.2) is 0 Å². The van der Waals surface area contributed by atoms with Crippen LogP contribution in [0.1, 0.15) is 45.4 Å². The van der Waals surface area contributed by atoms with E-state index in [0.717, 1.165) is 25.8 Å². The van der Waals surface area contributed by atoms with Crippen molar-refractivity contribution in [2.24, 2.45) is 5.92 Å². The van der Waals surface area contributed by atoms with E-state index in [-0.39, 0.29) is 17.9 Å². The number of thioether (sulfide) groups is 1. The number of carbonyl (C=O) groups is 2. The molecule has 1 saturated carbocycles. The van der Waals surface area contributed by atoms with Gasteiger partial charge in [0, 0.05) is 33.3 Å². The van der Waals surface area contributed by atoms with E-state index in [1.54, 1.807) is 7.11 Å². The van der Waals surface area contributed by atoms with Crippen molar-refractivity contribution >= 4 is 23.6 Å². The molecular formula is C18H32N2O3S. The van der Waals surface area contributed by atoms with E-state index in [4.69, 9.17) is 4.74 Å². The van der Waals surface area contributed by atoms with Crippen LogP contribution in [0.5, 0.6) is 0 Å². The van der Waals surface area contributed by atoms with Gasteiger partial charge in [-0.25, -0.2) is 0 Å². The van der Waals surface area contributed by atoms with Crippen LogP contribution in [0, 0.1) is 5.92 Å². The van der Waals surface area contributed by atoms with E-state index in [2.05, 4.69) is 6.92 Å². The van der Waals surface area contributed by atoms with Crippen molar-refractivity contribution in [2.45, 2.75) is 57.6 Å². The third kappa shape index (κ3) is 5.38. The molecule has 0 spiro atoms. The minimum atomic E-state index is 0.127. The summed E-state index contributed by atoms with van der Waals surface area (Å²) in [4.78, 5) is 28.4. The molecule has 0 aromatic rings. The highest BCUT2D eigenvalue weighted by molar-refractivity contribution is 8.00. The van der Waals surface area contributed by atoms with Crippen LogP contribution < -0.4 is 0 Å². The first-order valence-corrected chi connectivity index (χ1v) is 10.3. The van der Waals surface area contributed by atoms with Gasteiger partial charge in [-0.3, -0.25) is 9.59 Å². The summed E-state index contributed by atoms with van der Waals surface area (Å²) < 4.78 is 5.46. The Bertz CT molecular complexity index is 426. The largest absolute Gasteiger partial charge is 0.379 e. The Hall–Kier alpha value is -0.750. The SMILES string of the molecule is COC1CN(C(=O)CSCC(=O)N(C)C2CCCCC2)CCC1C. The Kier molecular flexibility index (Phi) is 7.88. The Labute approximate surface area is 150 Å². The highest BCUT2D eigenvalue weighted by atomic mass is 32.2. The molecule has 2 rings (SSSR count). The molecule has 138 valence electrons. The molecule has 1 aliphatic heterocycles. The number of piperidine rings is 1. The average Bonchev–Trinajstić information content (AvgIpc) is 2.62. The zero-order valence-electron chi connectivity index (χ0n) is 15.3. The first kappa shape index (κ1) is 19.6. The van der Waals surface area contributed by atoms with Gasteiger partial charge in [0.05, 0.1) is 17.6 Å². The van der Waals surface area contributed by atoms with Crippen molar-refractivity contribution < 1.29 is 14.3 Å². The lowest BCUT2D eigenvalue weighted by atomic mass is 9.94. The number of ether oxygens (including phenoxy) is 1. The molecule has 1 aliphatic carbocycles. The summed E-state index contributed by atoms with van der Waals surface area (Å²) in [6, 6.07) is 0.397. The summed E-state index contributed by atoms with van der Waals surface area (Å²) >= 11 is 1.44. The highest BCUT2D eigenvalue weighted by Crippen LogP contribution is 2.23. The molecule has 0 aromatic heterocycles. The molecule has 2 unspecified atom stereocenters. The van der Waals surface area contributed by atoms with E-state index >= 15 is 0 Å². The van der Waals surface area contributed by atoms with Crippen LogP contribution in [0.3, 0.4) is 0 Å². The Morgan fingerprint density at radius 1 is 1.17 bits per heavy atom. The molecule has 2 aliphatic rings. The number of likely N-dealkylation sites (tertiary alicyclic amines) is 1. The zero-order valence-corrected chi connectivity index (χ0v) is 16.1. The summed E-state index contributed by atoms with van der Waals surface area (Å²) in [6.07, 6.45) is 7.10. The molecule has 5 nitrogen and oxygen atoms in total. The maximum absolute atomic E-state index is 12.3. The van der Waals surface area contributed by atoms with Crippen LogP contribution in [0.25, 0.3) is 0 Å². The van der Waals surface area contributed by atoms with Gasteiger partial charge in [-0.1, -0.05) is 26.2 Å². The van der Waals surface area contributed by atoms with E-state index in [1.165, 1.54) is 31.0 Å². The molecule has 1 saturated heterocycles. The monoisotopic (exact) mass is 356 g/mol. The second kappa shape index (κ2) is 9.66. The lowest BCUT2D eigenvalue weighted by Crippen LogP contribution is -2.47. The second-order valence-corrected chi connectivity index (χ2v) is 8.15. The molecule has 0 radical (unpaired) electrons. The van der Waals surface area contributed by atoms with Gasteiger partial charge in [0.2, 0.25) is 11.8 Å². The van der Waals surface area contributed by atoms with Crippen LogP contribution in [0.4, 0.5) is 0 Å². The molecular weight excluding hydrogens is 324 g/mol. The van der Waals surface area contributed by atoms with Crippen LogP contribution >= 0.6 is 11.8 Å². The van der Waals surface area contributed by atoms with Gasteiger partial charge in [-0.15, -0.1) is 11.8 Å². The number of hydrogen-bond acceptors (Lipinski definition) is 4. The minimum Gasteiger partial charge on any atom is -0.379 e. The van der Waals surface area contributed by atoms with Crippen LogP contribution in [-0.2, 0) is 14.3 Å². The molecule has 2 amide bonds. The van der Waals surface area contributed by atoms with E-state index in [9.17, 15) is 9.59 Å². The van der Waals surface area contributed by atoms with Crippen LogP contribution in [0.2, 0.25) is 0 Å². The second-order valence-electron chi connectivity index (χ2n) is 7.17. The molecule has 2 fully saturated rings. The molecule has 0 aromatic carbocycles. The van der Waals surface area contributed by atoms with E-state index in [0.29, 0.717) is 30.0 Å². The van der Waals surface area contributed by atoms with Gasteiger partial charge in [-0.2, -0.15) is 0 Å². The van der Waals surface area contributed by atoms with Crippen molar-refractivity contribution in [2.75, 3.05) is 38.8 Å². The van der Waals surface area contributed by atoms with Crippen molar-refractivity contribution in [1.82, 2.24) is 9.80 Å². The molecule has 1 heterocycles. The Morgan fingerprint density at radius 3 is 2.54 bits per heavy atom. The van der Waals surface area contributed by atoms with Gasteiger partial charge in [0.25, 0.3) is 0 Å². The molecule has 2 atom stereocenters. The van der Waals surface area contributed by atoms with E-state index in [1.807, 2.05) is 16.8 Å². The predicted octanol–water partition coefficient (Wildman–Crippen LogP) is 2.39. The smallest absolute Gasteiger partial charge is 0.232 e. The maximum Gasteiger partial charge on any atom is 0.232 e. The zero-order chi connectivity index (χ0) is 17.5. The fourth-order valence-electron chi connectivity index (χ4n) is 3.66. The van der Waals surface area contributed by atoms with Crippen molar-refractivity contribution in [3.63, 3.8) is 0 Å². The van der Waals surface area contributed by atoms with Gasteiger partial charge in [-0.05, 0) is 25.2 Å². The quantitative estimate of drug-likeness (QED) is 0.733. The van der Waals surface area contributed by atoms with Crippen LogP contribution in [-0.4, -0.2) is 72.5 Å². The summed E-state index contributed by atoms with van der Waals surface area (Å²) in [6.45, 7) is 3.65. The predicted molar refractivity (Wildman–Crippen MR) is 98.1 cm³/mol. The minimum absolute atomic E-state index is 0.127. The van der Waals surface area contributed by atoms with Crippen molar-refractivity contribution in [3.8, 4) is 0 Å². The van der Waals surface area contributed by atoms with Gasteiger partial charge in [0.1, 0.15) is 0 Å². The van der Waals surface area contributed by atoms with Gasteiger partial charge >= 0.3 is 0 Å². The standard InChI is InChI=1S/C18H32N2O3S/c1-14-9-10-20(11-16(14)23-3)18(22)13-24-12-17(21)19(2)15-7-5-4-6-8-15/h14-16H,4-13H2,1-3H3. The molecule has 6 heteroatoms. The van der Waals surface area contributed by atoms with Gasteiger partial charge < -0.3 is 14.5 Å². The lowest BCUT2D eigenvalue weighted by Gasteiger charge is -2.36. The topological polar surface area (TPSA) is 49.9 Å². The van der Waals surface area contributed by atoms with Crippen molar-refractivity contribution in [3.05, 3.63) is 0 Å². The number of rotatable bonds is 6.